The van der Waals surface area contributed by atoms with Crippen molar-refractivity contribution in [3.8, 4) is 0 Å². The highest BCUT2D eigenvalue weighted by atomic mass is 15.1. The molecule has 0 saturated heterocycles. The van der Waals surface area contributed by atoms with Crippen molar-refractivity contribution in [3.63, 3.8) is 0 Å². The van der Waals surface area contributed by atoms with Gasteiger partial charge in [0.25, 0.3) is 0 Å². The van der Waals surface area contributed by atoms with Crippen LogP contribution in [0.4, 0.5) is 17.1 Å². The van der Waals surface area contributed by atoms with E-state index < -0.39 is 0 Å². The Labute approximate surface area is 165 Å². The summed E-state index contributed by atoms with van der Waals surface area (Å²) in [7, 11) is 0. The van der Waals surface area contributed by atoms with Gasteiger partial charge in [0.05, 0.1) is 11.4 Å². The van der Waals surface area contributed by atoms with E-state index >= 15 is 0 Å². The molecule has 0 atom stereocenters. The second-order valence-corrected chi connectivity index (χ2v) is 7.17. The zero-order valence-corrected chi connectivity index (χ0v) is 15.8. The molecule has 0 aromatic heterocycles. The van der Waals surface area contributed by atoms with Gasteiger partial charge in [-0.15, -0.1) is 0 Å². The van der Waals surface area contributed by atoms with Gasteiger partial charge in [0.15, 0.2) is 0 Å². The maximum absolute atomic E-state index is 2.39. The van der Waals surface area contributed by atoms with Crippen LogP contribution in [0.1, 0.15) is 5.56 Å². The fourth-order valence-corrected chi connectivity index (χ4v) is 3.98. The van der Waals surface area contributed by atoms with E-state index in [2.05, 4.69) is 121 Å². The van der Waals surface area contributed by atoms with E-state index in [-0.39, 0.29) is 0 Å². The molecular weight excluding hydrogens is 338 g/mol. The van der Waals surface area contributed by atoms with Gasteiger partial charge >= 0.3 is 0 Å². The van der Waals surface area contributed by atoms with Crippen LogP contribution in [0.2, 0.25) is 0 Å². The maximum Gasteiger partial charge on any atom is 0.0540 e. The number of fused-ring (bicyclic) bond motifs is 2. The zero-order valence-electron chi connectivity index (χ0n) is 15.8. The van der Waals surface area contributed by atoms with Crippen LogP contribution in [0.25, 0.3) is 21.5 Å². The molecule has 134 valence electrons. The van der Waals surface area contributed by atoms with Gasteiger partial charge in [-0.3, -0.25) is 0 Å². The van der Waals surface area contributed by atoms with E-state index in [1.54, 1.807) is 0 Å². The zero-order chi connectivity index (χ0) is 18.9. The third-order valence-corrected chi connectivity index (χ3v) is 5.27. The molecule has 5 aromatic carbocycles. The normalized spacial score (nSPS) is 11.0. The summed E-state index contributed by atoms with van der Waals surface area (Å²) in [6, 6.07) is 39.0. The van der Waals surface area contributed by atoms with Crippen LogP contribution in [0, 0.1) is 6.92 Å². The van der Waals surface area contributed by atoms with Gasteiger partial charge in [0.2, 0.25) is 0 Å². The molecule has 0 radical (unpaired) electrons. The van der Waals surface area contributed by atoms with Gasteiger partial charge in [-0.2, -0.15) is 0 Å². The molecule has 0 N–H and O–H groups in total. The number of aryl methyl sites for hydroxylation is 1. The molecule has 0 aliphatic heterocycles. The summed E-state index contributed by atoms with van der Waals surface area (Å²) in [5.74, 6) is 0. The first kappa shape index (κ1) is 16.6. The van der Waals surface area contributed by atoms with E-state index in [0.29, 0.717) is 0 Å². The van der Waals surface area contributed by atoms with Gasteiger partial charge in [0.1, 0.15) is 0 Å². The highest BCUT2D eigenvalue weighted by molar-refractivity contribution is 6.04. The molecule has 0 aliphatic carbocycles. The molecule has 1 heteroatoms. The number of nitrogens with zero attached hydrogens (tertiary/aromatic N) is 1. The van der Waals surface area contributed by atoms with Crippen molar-refractivity contribution < 1.29 is 0 Å². The van der Waals surface area contributed by atoms with Crippen molar-refractivity contribution in [1.82, 2.24) is 0 Å². The SMILES string of the molecule is Cc1cccc(N(c2cccc3ccccc23)c2cccc3ccccc23)c1. The first-order valence-electron chi connectivity index (χ1n) is 9.63. The second-order valence-electron chi connectivity index (χ2n) is 7.17. The van der Waals surface area contributed by atoms with Gasteiger partial charge in [-0.05, 0) is 47.5 Å². The van der Waals surface area contributed by atoms with Gasteiger partial charge in [0, 0.05) is 16.5 Å². The topological polar surface area (TPSA) is 3.24 Å². The minimum absolute atomic E-state index is 1.17. The Hall–Kier alpha value is -3.58. The minimum Gasteiger partial charge on any atom is -0.309 e. The quantitative estimate of drug-likeness (QED) is 0.318. The standard InChI is InChI=1S/C27H21N/c1-20-9-6-14-23(19-20)28(26-17-7-12-21-10-2-4-15-24(21)26)27-18-8-13-22-11-3-5-16-25(22)27/h2-19H,1H3. The molecule has 0 heterocycles. The molecule has 1 nitrogen and oxygen atoms in total. The predicted molar refractivity (Wildman–Crippen MR) is 121 cm³/mol. The van der Waals surface area contributed by atoms with Crippen molar-refractivity contribution in [2.45, 2.75) is 6.92 Å². The average Bonchev–Trinajstić information content (AvgIpc) is 2.74. The number of hydrogen-bond acceptors (Lipinski definition) is 1. The number of rotatable bonds is 3. The van der Waals surface area contributed by atoms with Crippen molar-refractivity contribution in [1.29, 1.82) is 0 Å². The highest BCUT2D eigenvalue weighted by Gasteiger charge is 2.17. The molecule has 0 amide bonds. The van der Waals surface area contributed by atoms with Crippen LogP contribution in [-0.2, 0) is 0 Å². The molecule has 0 saturated carbocycles. The Morgan fingerprint density at radius 1 is 0.500 bits per heavy atom. The van der Waals surface area contributed by atoms with Crippen molar-refractivity contribution in [2.75, 3.05) is 4.90 Å². The van der Waals surface area contributed by atoms with E-state index in [1.165, 1.54) is 44.2 Å². The van der Waals surface area contributed by atoms with Crippen LogP contribution in [0.5, 0.6) is 0 Å². The fraction of sp³-hybridized carbons (Fsp3) is 0.0370. The summed E-state index contributed by atoms with van der Waals surface area (Å²) < 4.78 is 0. The molecule has 0 unspecified atom stereocenters. The van der Waals surface area contributed by atoms with Crippen LogP contribution >= 0.6 is 0 Å². The van der Waals surface area contributed by atoms with Crippen molar-refractivity contribution in [3.05, 3.63) is 115 Å². The lowest BCUT2D eigenvalue weighted by Gasteiger charge is -2.28. The van der Waals surface area contributed by atoms with E-state index in [4.69, 9.17) is 0 Å². The van der Waals surface area contributed by atoms with Crippen LogP contribution in [-0.4, -0.2) is 0 Å². The van der Waals surface area contributed by atoms with E-state index in [1.807, 2.05) is 0 Å². The van der Waals surface area contributed by atoms with Gasteiger partial charge < -0.3 is 4.90 Å². The number of anilines is 3. The summed E-state index contributed by atoms with van der Waals surface area (Å²) >= 11 is 0. The van der Waals surface area contributed by atoms with E-state index in [0.717, 1.165) is 0 Å². The summed E-state index contributed by atoms with van der Waals surface area (Å²) in [6.07, 6.45) is 0. The largest absolute Gasteiger partial charge is 0.309 e. The molecule has 28 heavy (non-hydrogen) atoms. The van der Waals surface area contributed by atoms with Crippen molar-refractivity contribution in [2.24, 2.45) is 0 Å². The van der Waals surface area contributed by atoms with Gasteiger partial charge in [-0.25, -0.2) is 0 Å². The third-order valence-electron chi connectivity index (χ3n) is 5.27. The Balaban J connectivity index is 1.86. The summed E-state index contributed by atoms with van der Waals surface area (Å²) in [6.45, 7) is 2.15. The molecule has 0 aliphatic rings. The van der Waals surface area contributed by atoms with Crippen LogP contribution in [0.15, 0.2) is 109 Å². The summed E-state index contributed by atoms with van der Waals surface area (Å²) in [4.78, 5) is 2.39. The summed E-state index contributed by atoms with van der Waals surface area (Å²) in [5.41, 5.74) is 4.82. The lowest BCUT2D eigenvalue weighted by Crippen LogP contribution is -2.11. The Morgan fingerprint density at radius 2 is 1.00 bits per heavy atom. The molecule has 5 aromatic rings. The van der Waals surface area contributed by atoms with E-state index in [9.17, 15) is 0 Å². The third kappa shape index (κ3) is 2.82. The summed E-state index contributed by atoms with van der Waals surface area (Å²) in [5, 5.41) is 5.00. The van der Waals surface area contributed by atoms with Gasteiger partial charge in [-0.1, -0.05) is 84.9 Å². The maximum atomic E-state index is 2.39. The molecule has 0 spiro atoms. The Morgan fingerprint density at radius 3 is 1.57 bits per heavy atom. The van der Waals surface area contributed by atoms with Crippen LogP contribution in [0.3, 0.4) is 0 Å². The highest BCUT2D eigenvalue weighted by Crippen LogP contribution is 2.41. The first-order valence-corrected chi connectivity index (χ1v) is 9.63. The second kappa shape index (κ2) is 6.86. The average molecular weight is 359 g/mol. The molecule has 0 bridgehead atoms. The molecular formula is C27H21N. The molecule has 5 rings (SSSR count). The lowest BCUT2D eigenvalue weighted by molar-refractivity contribution is 1.30. The first-order chi connectivity index (χ1) is 13.8. The smallest absolute Gasteiger partial charge is 0.0540 e. The molecule has 0 fully saturated rings. The van der Waals surface area contributed by atoms with Crippen molar-refractivity contribution >= 4 is 38.6 Å². The van der Waals surface area contributed by atoms with Crippen LogP contribution < -0.4 is 4.90 Å². The Kier molecular flexibility index (Phi) is 4.06. The minimum atomic E-state index is 1.17. The number of benzene rings is 5. The fourth-order valence-electron chi connectivity index (χ4n) is 3.98. The monoisotopic (exact) mass is 359 g/mol. The lowest BCUT2D eigenvalue weighted by atomic mass is 10.0. The number of hydrogen-bond donors (Lipinski definition) is 0. The Bertz CT molecular complexity index is 1200. The predicted octanol–water partition coefficient (Wildman–Crippen LogP) is 7.77.